The zero-order chi connectivity index (χ0) is 15.9. The van der Waals surface area contributed by atoms with Crippen molar-refractivity contribution in [3.8, 4) is 11.5 Å². The van der Waals surface area contributed by atoms with E-state index in [4.69, 9.17) is 5.10 Å². The Morgan fingerprint density at radius 1 is 1.17 bits per heavy atom. The largest absolute Gasteiger partial charge is 0.325 e. The second kappa shape index (κ2) is 5.50. The van der Waals surface area contributed by atoms with Crippen molar-refractivity contribution in [1.82, 2.24) is 33.4 Å². The van der Waals surface area contributed by atoms with Gasteiger partial charge in [0.2, 0.25) is 0 Å². The zero-order valence-electron chi connectivity index (χ0n) is 12.9. The molecule has 120 valence electrons. The smallest absolute Gasteiger partial charge is 0.160 e. The first-order valence-corrected chi connectivity index (χ1v) is 8.60. The van der Waals surface area contributed by atoms with Crippen LogP contribution >= 0.6 is 11.7 Å². The molecule has 0 bridgehead atoms. The number of nitrogens with zero attached hydrogens (tertiary/aromatic N) is 6. The van der Waals surface area contributed by atoms with Crippen molar-refractivity contribution in [2.45, 2.75) is 19.6 Å². The van der Waals surface area contributed by atoms with Gasteiger partial charge in [-0.3, -0.25) is 4.68 Å². The lowest BCUT2D eigenvalue weighted by molar-refractivity contribution is 0.476. The highest BCUT2D eigenvalue weighted by Gasteiger charge is 2.16. The van der Waals surface area contributed by atoms with Crippen LogP contribution in [0.3, 0.4) is 0 Å². The molecule has 0 spiro atoms. The molecule has 4 heterocycles. The van der Waals surface area contributed by atoms with Crippen LogP contribution in [0.5, 0.6) is 0 Å². The molecule has 5 rings (SSSR count). The predicted molar refractivity (Wildman–Crippen MR) is 91.7 cm³/mol. The lowest BCUT2D eigenvalue weighted by Gasteiger charge is -2.13. The van der Waals surface area contributed by atoms with Crippen LogP contribution in [0.1, 0.15) is 11.3 Å². The number of aromatic nitrogens is 6. The molecule has 1 aromatic carbocycles. The van der Waals surface area contributed by atoms with Gasteiger partial charge >= 0.3 is 0 Å². The minimum atomic E-state index is 0.739. The van der Waals surface area contributed by atoms with Crippen LogP contribution in [0.25, 0.3) is 22.6 Å². The van der Waals surface area contributed by atoms with Crippen LogP contribution in [0.15, 0.2) is 36.7 Å². The molecular weight excluding hydrogens is 322 g/mol. The first-order chi connectivity index (χ1) is 11.9. The summed E-state index contributed by atoms with van der Waals surface area (Å²) in [5, 5.41) is 8.08. The topological polar surface area (TPSA) is 73.5 Å². The van der Waals surface area contributed by atoms with Crippen LogP contribution in [0, 0.1) is 0 Å². The van der Waals surface area contributed by atoms with Gasteiger partial charge in [0.05, 0.1) is 24.0 Å². The van der Waals surface area contributed by atoms with Gasteiger partial charge in [-0.25, -0.2) is 4.98 Å². The Morgan fingerprint density at radius 2 is 2.12 bits per heavy atom. The lowest BCUT2D eigenvalue weighted by atomic mass is 10.2. The van der Waals surface area contributed by atoms with E-state index in [2.05, 4.69) is 46.5 Å². The summed E-state index contributed by atoms with van der Waals surface area (Å²) in [6.45, 7) is 3.47. The summed E-state index contributed by atoms with van der Waals surface area (Å²) >= 11 is 1.25. The van der Waals surface area contributed by atoms with E-state index >= 15 is 0 Å². The summed E-state index contributed by atoms with van der Waals surface area (Å²) in [5.74, 6) is 0.897. The molecule has 0 fully saturated rings. The number of imidazole rings is 1. The quantitative estimate of drug-likeness (QED) is 0.618. The van der Waals surface area contributed by atoms with E-state index in [1.54, 1.807) is 0 Å². The van der Waals surface area contributed by atoms with Gasteiger partial charge in [0.15, 0.2) is 5.82 Å². The molecule has 0 saturated carbocycles. The first kappa shape index (κ1) is 13.8. The molecule has 0 atom stereocenters. The van der Waals surface area contributed by atoms with Gasteiger partial charge in [0.25, 0.3) is 0 Å². The summed E-state index contributed by atoms with van der Waals surface area (Å²) in [6, 6.07) is 8.32. The molecule has 0 radical (unpaired) electrons. The Kier molecular flexibility index (Phi) is 3.17. The van der Waals surface area contributed by atoms with Crippen molar-refractivity contribution in [3.05, 3.63) is 47.9 Å². The highest BCUT2D eigenvalue weighted by molar-refractivity contribution is 7.00. The van der Waals surface area contributed by atoms with Gasteiger partial charge in [0, 0.05) is 32.0 Å². The zero-order valence-corrected chi connectivity index (χ0v) is 13.7. The molecule has 1 aliphatic rings. The number of rotatable bonds is 3. The van der Waals surface area contributed by atoms with E-state index in [1.807, 2.05) is 18.5 Å². The minimum absolute atomic E-state index is 0.739. The molecular formula is C16H15N7S. The van der Waals surface area contributed by atoms with Gasteiger partial charge in [-0.05, 0) is 23.8 Å². The number of hydrogen-bond acceptors (Lipinski definition) is 6. The van der Waals surface area contributed by atoms with Gasteiger partial charge in [-0.2, -0.15) is 13.8 Å². The highest BCUT2D eigenvalue weighted by Crippen LogP contribution is 2.21. The maximum absolute atomic E-state index is 4.71. The molecule has 24 heavy (non-hydrogen) atoms. The van der Waals surface area contributed by atoms with E-state index in [-0.39, 0.29) is 0 Å². The average molecular weight is 337 g/mol. The normalized spacial score (nSPS) is 14.2. The van der Waals surface area contributed by atoms with Crippen LogP contribution < -0.4 is 5.32 Å². The summed E-state index contributed by atoms with van der Waals surface area (Å²) in [7, 11) is 0. The fourth-order valence-corrected chi connectivity index (χ4v) is 3.61. The Morgan fingerprint density at radius 3 is 3.08 bits per heavy atom. The fraction of sp³-hybridized carbons (Fsp3) is 0.250. The van der Waals surface area contributed by atoms with Crippen LogP contribution in [0.2, 0.25) is 0 Å². The van der Waals surface area contributed by atoms with Crippen molar-refractivity contribution in [1.29, 1.82) is 0 Å². The highest BCUT2D eigenvalue weighted by atomic mass is 32.1. The van der Waals surface area contributed by atoms with E-state index in [1.165, 1.54) is 23.0 Å². The molecule has 1 N–H and O–H groups in total. The third-order valence-corrected chi connectivity index (χ3v) is 4.84. The number of benzene rings is 1. The van der Waals surface area contributed by atoms with E-state index < -0.39 is 0 Å². The number of nitrogens with one attached hydrogen (secondary N) is 1. The predicted octanol–water partition coefficient (Wildman–Crippen LogP) is 1.90. The Hall–Kier alpha value is -2.58. The van der Waals surface area contributed by atoms with Gasteiger partial charge in [0.1, 0.15) is 16.7 Å². The summed E-state index contributed by atoms with van der Waals surface area (Å²) in [6.07, 6.45) is 3.82. The molecule has 0 saturated heterocycles. The molecule has 0 unspecified atom stereocenters. The van der Waals surface area contributed by atoms with Gasteiger partial charge in [-0.15, -0.1) is 0 Å². The second-order valence-corrected chi connectivity index (χ2v) is 6.42. The minimum Gasteiger partial charge on any atom is -0.325 e. The number of fused-ring (bicyclic) bond motifs is 2. The molecule has 1 aliphatic heterocycles. The van der Waals surface area contributed by atoms with Crippen molar-refractivity contribution in [2.75, 3.05) is 6.54 Å². The van der Waals surface area contributed by atoms with Gasteiger partial charge in [-0.1, -0.05) is 6.07 Å². The molecule has 8 heteroatoms. The number of hydrogen-bond donors (Lipinski definition) is 1. The van der Waals surface area contributed by atoms with Crippen LogP contribution in [-0.2, 0) is 19.6 Å². The fourth-order valence-electron chi connectivity index (χ4n) is 3.09. The van der Waals surface area contributed by atoms with Crippen molar-refractivity contribution in [3.63, 3.8) is 0 Å². The first-order valence-electron chi connectivity index (χ1n) is 7.87. The van der Waals surface area contributed by atoms with E-state index in [0.29, 0.717) is 0 Å². The Labute approximate surface area is 142 Å². The van der Waals surface area contributed by atoms with E-state index in [9.17, 15) is 0 Å². The van der Waals surface area contributed by atoms with Crippen LogP contribution in [0.4, 0.5) is 0 Å². The van der Waals surface area contributed by atoms with Crippen LogP contribution in [-0.4, -0.2) is 34.6 Å². The molecule has 3 aromatic heterocycles. The third-order valence-electron chi connectivity index (χ3n) is 4.29. The maximum Gasteiger partial charge on any atom is 0.160 e. The molecule has 4 aromatic rings. The third kappa shape index (κ3) is 2.31. The van der Waals surface area contributed by atoms with Crippen molar-refractivity contribution < 1.29 is 0 Å². The van der Waals surface area contributed by atoms with E-state index in [0.717, 1.165) is 48.7 Å². The Balaban J connectivity index is 1.49. The summed E-state index contributed by atoms with van der Waals surface area (Å²) in [4.78, 5) is 4.52. The molecule has 0 aliphatic carbocycles. The van der Waals surface area contributed by atoms with Gasteiger partial charge < -0.3 is 9.88 Å². The Bertz CT molecular complexity index is 989. The SMILES string of the molecule is c1cn(Cc2ccc3nsnc3c2)c(-c2cc3n(n2)CCNC3)n1. The standard InChI is InChI=1S/C16H15N7S/c1-2-13-14(21-24-20-13)7-11(1)10-22-5-4-18-16(22)15-8-12-9-17-3-6-23(12)19-15/h1-2,4-5,7-8,17H,3,6,9-10H2. The maximum atomic E-state index is 4.71. The lowest BCUT2D eigenvalue weighted by Crippen LogP contribution is -2.28. The van der Waals surface area contributed by atoms with Crippen molar-refractivity contribution >= 4 is 22.8 Å². The molecule has 0 amide bonds. The average Bonchev–Trinajstić information content (AvgIpc) is 3.33. The summed E-state index contributed by atoms with van der Waals surface area (Å²) < 4.78 is 12.8. The monoisotopic (exact) mass is 337 g/mol. The van der Waals surface area contributed by atoms with Crippen molar-refractivity contribution in [2.24, 2.45) is 0 Å². The summed E-state index contributed by atoms with van der Waals surface area (Å²) in [5.41, 5.74) is 5.21. The second-order valence-electron chi connectivity index (χ2n) is 5.89. The molecule has 7 nitrogen and oxygen atoms in total.